The molecule has 0 aromatic heterocycles. The smallest absolute Gasteiger partial charge is 0.338 e. The van der Waals surface area contributed by atoms with Gasteiger partial charge in [-0.05, 0) is 30.2 Å². The van der Waals surface area contributed by atoms with E-state index in [2.05, 4.69) is 31.9 Å². The third-order valence-electron chi connectivity index (χ3n) is 1.84. The van der Waals surface area contributed by atoms with Gasteiger partial charge in [0.15, 0.2) is 0 Å². The molecule has 4 heteroatoms. The molecule has 76 valence electrons. The van der Waals surface area contributed by atoms with Gasteiger partial charge in [0.2, 0.25) is 0 Å². The van der Waals surface area contributed by atoms with Crippen LogP contribution in [0.4, 0.5) is 0 Å². The summed E-state index contributed by atoms with van der Waals surface area (Å²) in [6, 6.07) is 5.55. The minimum Gasteiger partial charge on any atom is -0.465 e. The summed E-state index contributed by atoms with van der Waals surface area (Å²) in [5, 5.41) is 0.827. The number of halogens is 2. The highest BCUT2D eigenvalue weighted by Crippen LogP contribution is 2.18. The summed E-state index contributed by atoms with van der Waals surface area (Å²) < 4.78 is 5.67. The fourth-order valence-corrected chi connectivity index (χ4v) is 2.02. The molecule has 1 rings (SSSR count). The molecule has 0 spiro atoms. The fraction of sp³-hybridized carbons (Fsp3) is 0.300. The zero-order valence-corrected chi connectivity index (χ0v) is 10.9. The van der Waals surface area contributed by atoms with Crippen LogP contribution in [0.25, 0.3) is 0 Å². The van der Waals surface area contributed by atoms with Crippen LogP contribution >= 0.6 is 31.9 Å². The largest absolute Gasteiger partial charge is 0.465 e. The van der Waals surface area contributed by atoms with E-state index in [0.717, 1.165) is 21.8 Å². The molecule has 0 fully saturated rings. The molecule has 0 atom stereocenters. The lowest BCUT2D eigenvalue weighted by Gasteiger charge is -2.06. The van der Waals surface area contributed by atoms with E-state index in [1.54, 1.807) is 6.07 Å². The van der Waals surface area contributed by atoms with Gasteiger partial charge in [-0.2, -0.15) is 0 Å². The number of methoxy groups -OCH3 is 1. The van der Waals surface area contributed by atoms with Crippen molar-refractivity contribution in [3.8, 4) is 0 Å². The second-order valence-corrected chi connectivity index (χ2v) is 4.44. The zero-order valence-electron chi connectivity index (χ0n) is 7.72. The summed E-state index contributed by atoms with van der Waals surface area (Å²) in [7, 11) is 1.39. The highest BCUT2D eigenvalue weighted by atomic mass is 79.9. The molecule has 0 N–H and O–H groups in total. The Hall–Kier alpha value is -0.350. The topological polar surface area (TPSA) is 26.3 Å². The SMILES string of the molecule is COC(=O)c1ccc(Br)cc1CCBr. The van der Waals surface area contributed by atoms with Crippen molar-refractivity contribution in [3.05, 3.63) is 33.8 Å². The minimum atomic E-state index is -0.284. The summed E-state index contributed by atoms with van der Waals surface area (Å²) in [6.07, 6.45) is 0.809. The van der Waals surface area contributed by atoms with Crippen molar-refractivity contribution in [2.24, 2.45) is 0 Å². The van der Waals surface area contributed by atoms with Gasteiger partial charge in [0.05, 0.1) is 12.7 Å². The normalized spacial score (nSPS) is 9.93. The van der Waals surface area contributed by atoms with E-state index in [9.17, 15) is 4.79 Å². The number of esters is 1. The van der Waals surface area contributed by atoms with E-state index in [-0.39, 0.29) is 5.97 Å². The Labute approximate surface area is 99.9 Å². The van der Waals surface area contributed by atoms with Crippen LogP contribution in [0, 0.1) is 0 Å². The molecule has 14 heavy (non-hydrogen) atoms. The van der Waals surface area contributed by atoms with Crippen molar-refractivity contribution in [2.75, 3.05) is 12.4 Å². The maximum absolute atomic E-state index is 11.4. The highest BCUT2D eigenvalue weighted by Gasteiger charge is 2.10. The van der Waals surface area contributed by atoms with E-state index < -0.39 is 0 Å². The van der Waals surface area contributed by atoms with Gasteiger partial charge < -0.3 is 4.74 Å². The first-order valence-corrected chi connectivity index (χ1v) is 6.03. The quantitative estimate of drug-likeness (QED) is 0.631. The van der Waals surface area contributed by atoms with E-state index in [1.165, 1.54) is 7.11 Å². The van der Waals surface area contributed by atoms with E-state index in [0.29, 0.717) is 5.56 Å². The number of rotatable bonds is 3. The number of carbonyl (C=O) groups excluding carboxylic acids is 1. The molecular formula is C10H10Br2O2. The van der Waals surface area contributed by atoms with E-state index in [1.807, 2.05) is 12.1 Å². The first-order valence-electron chi connectivity index (χ1n) is 4.11. The summed E-state index contributed by atoms with van der Waals surface area (Å²) in [5.74, 6) is -0.284. The van der Waals surface area contributed by atoms with Gasteiger partial charge in [0.1, 0.15) is 0 Å². The molecule has 0 saturated carbocycles. The van der Waals surface area contributed by atoms with Crippen LogP contribution in [-0.4, -0.2) is 18.4 Å². The van der Waals surface area contributed by atoms with E-state index >= 15 is 0 Å². The van der Waals surface area contributed by atoms with Crippen molar-refractivity contribution < 1.29 is 9.53 Å². The number of aryl methyl sites for hydroxylation is 1. The molecule has 0 heterocycles. The summed E-state index contributed by atoms with van der Waals surface area (Å²) in [6.45, 7) is 0. The number of carbonyl (C=O) groups is 1. The Kier molecular flexibility index (Phi) is 4.62. The summed E-state index contributed by atoms with van der Waals surface area (Å²) in [5.41, 5.74) is 1.62. The van der Waals surface area contributed by atoms with Crippen molar-refractivity contribution in [1.82, 2.24) is 0 Å². The standard InChI is InChI=1S/C10H10Br2O2/c1-14-10(13)9-3-2-8(12)6-7(9)4-5-11/h2-3,6H,4-5H2,1H3. The number of hydrogen-bond acceptors (Lipinski definition) is 2. The predicted molar refractivity (Wildman–Crippen MR) is 63.0 cm³/mol. The van der Waals surface area contributed by atoms with Crippen LogP contribution in [0.15, 0.2) is 22.7 Å². The maximum Gasteiger partial charge on any atom is 0.338 e. The monoisotopic (exact) mass is 320 g/mol. The average molecular weight is 322 g/mol. The van der Waals surface area contributed by atoms with E-state index in [4.69, 9.17) is 4.74 Å². The molecule has 0 aliphatic heterocycles. The molecule has 0 radical (unpaired) electrons. The van der Waals surface area contributed by atoms with Crippen LogP contribution in [0.2, 0.25) is 0 Å². The van der Waals surface area contributed by atoms with Crippen molar-refractivity contribution in [3.63, 3.8) is 0 Å². The lowest BCUT2D eigenvalue weighted by atomic mass is 10.1. The van der Waals surface area contributed by atoms with Crippen LogP contribution in [-0.2, 0) is 11.2 Å². The lowest BCUT2D eigenvalue weighted by molar-refractivity contribution is 0.0599. The minimum absolute atomic E-state index is 0.284. The van der Waals surface area contributed by atoms with Gasteiger partial charge in [0.25, 0.3) is 0 Å². The maximum atomic E-state index is 11.4. The summed E-state index contributed by atoms with van der Waals surface area (Å²) in [4.78, 5) is 11.4. The Morgan fingerprint density at radius 3 is 2.79 bits per heavy atom. The van der Waals surface area contributed by atoms with Gasteiger partial charge >= 0.3 is 5.97 Å². The third-order valence-corrected chi connectivity index (χ3v) is 2.73. The fourth-order valence-electron chi connectivity index (χ4n) is 1.18. The van der Waals surface area contributed by atoms with Crippen LogP contribution < -0.4 is 0 Å². The number of benzene rings is 1. The molecule has 0 aliphatic carbocycles. The second-order valence-electron chi connectivity index (χ2n) is 2.73. The van der Waals surface area contributed by atoms with Gasteiger partial charge in [-0.1, -0.05) is 31.9 Å². The zero-order chi connectivity index (χ0) is 10.6. The third kappa shape index (κ3) is 2.82. The Balaban J connectivity index is 3.07. The molecule has 1 aromatic carbocycles. The molecule has 0 saturated heterocycles. The van der Waals surface area contributed by atoms with Crippen LogP contribution in [0.1, 0.15) is 15.9 Å². The number of alkyl halides is 1. The molecule has 0 aliphatic rings. The molecule has 2 nitrogen and oxygen atoms in total. The Morgan fingerprint density at radius 1 is 1.50 bits per heavy atom. The summed E-state index contributed by atoms with van der Waals surface area (Å²) >= 11 is 6.72. The van der Waals surface area contributed by atoms with Gasteiger partial charge in [-0.15, -0.1) is 0 Å². The number of ether oxygens (including phenoxy) is 1. The Morgan fingerprint density at radius 2 is 2.21 bits per heavy atom. The van der Waals surface area contributed by atoms with Crippen LogP contribution in [0.5, 0.6) is 0 Å². The predicted octanol–water partition coefficient (Wildman–Crippen LogP) is 3.17. The Bertz CT molecular complexity index is 337. The van der Waals surface area contributed by atoms with Crippen molar-refractivity contribution in [1.29, 1.82) is 0 Å². The van der Waals surface area contributed by atoms with Crippen molar-refractivity contribution in [2.45, 2.75) is 6.42 Å². The molecule has 0 amide bonds. The molecule has 0 bridgehead atoms. The van der Waals surface area contributed by atoms with Gasteiger partial charge in [-0.3, -0.25) is 0 Å². The molecule has 0 unspecified atom stereocenters. The average Bonchev–Trinajstić information content (AvgIpc) is 2.17. The molecule has 1 aromatic rings. The second kappa shape index (κ2) is 5.51. The van der Waals surface area contributed by atoms with Gasteiger partial charge in [0, 0.05) is 9.80 Å². The van der Waals surface area contributed by atoms with Crippen molar-refractivity contribution >= 4 is 37.8 Å². The first kappa shape index (κ1) is 11.7. The number of hydrogen-bond donors (Lipinski definition) is 0. The first-order chi connectivity index (χ1) is 6.69. The highest BCUT2D eigenvalue weighted by molar-refractivity contribution is 9.10. The van der Waals surface area contributed by atoms with Crippen LogP contribution in [0.3, 0.4) is 0 Å². The van der Waals surface area contributed by atoms with Gasteiger partial charge in [-0.25, -0.2) is 4.79 Å². The molecular weight excluding hydrogens is 312 g/mol. The lowest BCUT2D eigenvalue weighted by Crippen LogP contribution is -2.06.